The molecule has 2 N–H and O–H groups in total. The number of methoxy groups -OCH3 is 2. The van der Waals surface area contributed by atoms with Gasteiger partial charge in [0.2, 0.25) is 5.88 Å². The van der Waals surface area contributed by atoms with Gasteiger partial charge in [-0.2, -0.15) is 9.97 Å². The number of phosphoric acid groups is 1. The van der Waals surface area contributed by atoms with E-state index in [4.69, 9.17) is 32.7 Å². The van der Waals surface area contributed by atoms with E-state index in [1.165, 1.54) is 14.2 Å². The monoisotopic (exact) mass is 852 g/mol. The fourth-order valence-corrected chi connectivity index (χ4v) is 5.59. The smallest absolute Gasteiger partial charge is 0.472 e. The van der Waals surface area contributed by atoms with Crippen molar-refractivity contribution in [2.75, 3.05) is 78.5 Å². The van der Waals surface area contributed by atoms with Gasteiger partial charge in [0.15, 0.2) is 6.10 Å². The minimum atomic E-state index is -4.52. The van der Waals surface area contributed by atoms with E-state index >= 15 is 0 Å². The standard InChI is InChI=1S/C36H49N6O16P/c1-50-33-21-29(37-36(38-33)51-2)10-7-28-8-11-31(12-9-28)41(15-16-43)13-14-42-22-30(39-40-42)23-55-35(47)5-3-17-52-19-20-54-34(46)6-4-18-57-59(48,49)58-25-32(56-27-45)24-53-26-44/h7-12,21-22,26-27,32,43H,3-6,13-20,23-25H2,1-2H3,(H,48,49)/b10-7+. The zero-order chi connectivity index (χ0) is 42.7. The third kappa shape index (κ3) is 19.7. The second-order valence-electron chi connectivity index (χ2n) is 12.0. The SMILES string of the molecule is COc1cc(/C=C/c2ccc(N(CCO)CCn3cc(COC(=O)CCCOCCOC(=O)CCCOP(=O)(O)OCC(COC=O)OC=O)nn3)cc2)nc(OC)n1. The fourth-order valence-electron chi connectivity index (χ4n) is 4.80. The minimum Gasteiger partial charge on any atom is -0.481 e. The van der Waals surface area contributed by atoms with Crippen molar-refractivity contribution in [3.8, 4) is 11.9 Å². The van der Waals surface area contributed by atoms with Crippen molar-refractivity contribution in [2.45, 2.75) is 44.9 Å². The van der Waals surface area contributed by atoms with Crippen LogP contribution in [0.25, 0.3) is 12.2 Å². The first kappa shape index (κ1) is 47.9. The second kappa shape index (κ2) is 27.2. The van der Waals surface area contributed by atoms with E-state index in [9.17, 15) is 33.7 Å². The Kier molecular flexibility index (Phi) is 22.1. The van der Waals surface area contributed by atoms with Gasteiger partial charge in [0.25, 0.3) is 12.9 Å². The van der Waals surface area contributed by atoms with Crippen molar-refractivity contribution >= 4 is 50.5 Å². The van der Waals surface area contributed by atoms with Gasteiger partial charge in [-0.15, -0.1) is 5.10 Å². The molecule has 0 aliphatic carbocycles. The van der Waals surface area contributed by atoms with Crippen molar-refractivity contribution in [1.29, 1.82) is 0 Å². The number of esters is 2. The molecule has 3 rings (SSSR count). The lowest BCUT2D eigenvalue weighted by Gasteiger charge is -2.24. The molecule has 2 aromatic heterocycles. The topological polar surface area (TPSA) is 269 Å². The number of anilines is 1. The molecule has 0 aliphatic heterocycles. The summed E-state index contributed by atoms with van der Waals surface area (Å²) in [6.07, 6.45) is 4.71. The van der Waals surface area contributed by atoms with Crippen LogP contribution < -0.4 is 14.4 Å². The Morgan fingerprint density at radius 1 is 0.898 bits per heavy atom. The van der Waals surface area contributed by atoms with E-state index < -0.39 is 32.5 Å². The molecule has 0 aliphatic rings. The zero-order valence-corrected chi connectivity index (χ0v) is 33.6. The average molecular weight is 853 g/mol. The molecular weight excluding hydrogens is 803 g/mol. The van der Waals surface area contributed by atoms with Crippen LogP contribution in [0.3, 0.4) is 0 Å². The van der Waals surface area contributed by atoms with Gasteiger partial charge >= 0.3 is 25.8 Å². The summed E-state index contributed by atoms with van der Waals surface area (Å²) in [4.78, 5) is 64.9. The third-order valence-electron chi connectivity index (χ3n) is 7.70. The van der Waals surface area contributed by atoms with Crippen molar-refractivity contribution in [3.63, 3.8) is 0 Å². The Morgan fingerprint density at radius 2 is 1.66 bits per heavy atom. The largest absolute Gasteiger partial charge is 0.481 e. The number of hydrogen-bond acceptors (Lipinski definition) is 20. The average Bonchev–Trinajstić information content (AvgIpc) is 3.70. The first-order valence-corrected chi connectivity index (χ1v) is 19.7. The number of phosphoric ester groups is 1. The van der Waals surface area contributed by atoms with Gasteiger partial charge in [-0.1, -0.05) is 23.4 Å². The van der Waals surface area contributed by atoms with Gasteiger partial charge in [0.1, 0.15) is 25.5 Å². The number of ether oxygens (including phenoxy) is 7. The van der Waals surface area contributed by atoms with E-state index in [2.05, 4.69) is 29.8 Å². The minimum absolute atomic E-state index is 0.0388. The highest BCUT2D eigenvalue weighted by Crippen LogP contribution is 2.43. The van der Waals surface area contributed by atoms with E-state index in [0.29, 0.717) is 43.3 Å². The number of carbonyl (C=O) groups is 4. The number of rotatable bonds is 32. The molecule has 324 valence electrons. The summed E-state index contributed by atoms with van der Waals surface area (Å²) in [5.74, 6) is -0.639. The molecule has 2 heterocycles. The maximum Gasteiger partial charge on any atom is 0.472 e. The van der Waals surface area contributed by atoms with Gasteiger partial charge < -0.3 is 48.1 Å². The molecule has 0 bridgehead atoms. The summed E-state index contributed by atoms with van der Waals surface area (Å²) in [7, 11) is -1.52. The molecular formula is C36H49N6O16P. The predicted molar refractivity (Wildman–Crippen MR) is 205 cm³/mol. The molecule has 59 heavy (non-hydrogen) atoms. The van der Waals surface area contributed by atoms with E-state index in [-0.39, 0.29) is 84.5 Å². The third-order valence-corrected chi connectivity index (χ3v) is 8.68. The lowest BCUT2D eigenvalue weighted by atomic mass is 10.1. The summed E-state index contributed by atoms with van der Waals surface area (Å²) >= 11 is 0. The maximum atomic E-state index is 12.2. The highest BCUT2D eigenvalue weighted by molar-refractivity contribution is 7.47. The van der Waals surface area contributed by atoms with Crippen LogP contribution in [-0.2, 0) is 69.6 Å². The second-order valence-corrected chi connectivity index (χ2v) is 13.5. The van der Waals surface area contributed by atoms with E-state index in [1.54, 1.807) is 16.9 Å². The van der Waals surface area contributed by atoms with E-state index in [1.807, 2.05) is 41.3 Å². The Hall–Kier alpha value is -5.51. The number of benzene rings is 1. The molecule has 0 radical (unpaired) electrons. The van der Waals surface area contributed by atoms with Crippen molar-refractivity contribution in [2.24, 2.45) is 0 Å². The van der Waals surface area contributed by atoms with Crippen LogP contribution >= 0.6 is 7.82 Å². The first-order chi connectivity index (χ1) is 28.6. The quantitative estimate of drug-likeness (QED) is 0.0298. The number of nitrogens with zero attached hydrogens (tertiary/aromatic N) is 6. The Morgan fingerprint density at radius 3 is 2.37 bits per heavy atom. The summed E-state index contributed by atoms with van der Waals surface area (Å²) in [6, 6.07) is 9.71. The molecule has 0 saturated heterocycles. The summed E-state index contributed by atoms with van der Waals surface area (Å²) in [6.45, 7) is 0.506. The molecule has 23 heteroatoms. The fraction of sp³-hybridized carbons (Fsp3) is 0.500. The summed E-state index contributed by atoms with van der Waals surface area (Å²) < 4.78 is 58.0. The Balaban J connectivity index is 1.25. The predicted octanol–water partition coefficient (Wildman–Crippen LogP) is 1.77. The van der Waals surface area contributed by atoms with Crippen molar-refractivity contribution < 1.29 is 75.9 Å². The number of aromatic nitrogens is 5. The molecule has 2 unspecified atom stereocenters. The van der Waals surface area contributed by atoms with Crippen LogP contribution in [0, 0.1) is 0 Å². The highest BCUT2D eigenvalue weighted by atomic mass is 31.2. The summed E-state index contributed by atoms with van der Waals surface area (Å²) in [5.41, 5.74) is 2.94. The molecule has 0 saturated carbocycles. The zero-order valence-electron chi connectivity index (χ0n) is 32.7. The number of carbonyl (C=O) groups excluding carboxylic acids is 4. The molecule has 22 nitrogen and oxygen atoms in total. The van der Waals surface area contributed by atoms with Gasteiger partial charge in [0, 0.05) is 44.3 Å². The highest BCUT2D eigenvalue weighted by Gasteiger charge is 2.24. The summed E-state index contributed by atoms with van der Waals surface area (Å²) in [5, 5.41) is 17.9. The Labute approximate surface area is 339 Å². The van der Waals surface area contributed by atoms with Crippen LogP contribution in [0.4, 0.5) is 5.69 Å². The van der Waals surface area contributed by atoms with Crippen molar-refractivity contribution in [3.05, 3.63) is 53.5 Å². The number of aliphatic hydroxyl groups is 1. The molecule has 1 aromatic carbocycles. The van der Waals surface area contributed by atoms with Gasteiger partial charge in [0.05, 0.1) is 59.1 Å². The van der Waals surface area contributed by atoms with Crippen molar-refractivity contribution in [1.82, 2.24) is 25.0 Å². The van der Waals surface area contributed by atoms with Crippen LogP contribution in [0.1, 0.15) is 42.6 Å². The molecule has 2 atom stereocenters. The van der Waals surface area contributed by atoms with Gasteiger partial charge in [-0.3, -0.25) is 32.9 Å². The van der Waals surface area contributed by atoms with Gasteiger partial charge in [-0.05, 0) is 36.6 Å². The van der Waals surface area contributed by atoms with Crippen LogP contribution in [0.15, 0.2) is 36.5 Å². The number of hydrogen-bond donors (Lipinski definition) is 2. The van der Waals surface area contributed by atoms with Gasteiger partial charge in [-0.25, -0.2) is 4.57 Å². The van der Waals surface area contributed by atoms with Crippen LogP contribution in [0.5, 0.6) is 11.9 Å². The lowest BCUT2D eigenvalue weighted by molar-refractivity contribution is -0.145. The molecule has 3 aromatic rings. The van der Waals surface area contributed by atoms with Crippen LogP contribution in [-0.4, -0.2) is 140 Å². The first-order valence-electron chi connectivity index (χ1n) is 18.2. The molecule has 0 spiro atoms. The number of aliphatic hydroxyl groups excluding tert-OH is 1. The van der Waals surface area contributed by atoms with E-state index in [0.717, 1.165) is 11.3 Å². The van der Waals surface area contributed by atoms with Crippen LogP contribution in [0.2, 0.25) is 0 Å². The molecule has 0 amide bonds. The Bertz CT molecular complexity index is 1770. The maximum absolute atomic E-state index is 12.2. The lowest BCUT2D eigenvalue weighted by Crippen LogP contribution is -2.30. The normalized spacial score (nSPS) is 12.6. The molecule has 0 fully saturated rings.